The molecule has 1 aliphatic rings. The Morgan fingerprint density at radius 3 is 2.73 bits per heavy atom. The summed E-state index contributed by atoms with van der Waals surface area (Å²) in [4.78, 5) is 11.2. The van der Waals surface area contributed by atoms with Crippen LogP contribution in [0.5, 0.6) is 0 Å². The summed E-state index contributed by atoms with van der Waals surface area (Å²) in [6.07, 6.45) is 0.618. The van der Waals surface area contributed by atoms with Crippen LogP contribution in [0.15, 0.2) is 70.4 Å². The first kappa shape index (κ1) is 19.6. The number of ether oxygens (including phenoxy) is 1. The quantitative estimate of drug-likeness (QED) is 0.321. The standard InChI is InChI=1S/C18H16F4N2O2/c1-17(12(5-4-8-15(17)19)9-10-16(25)26-2)24-23-14-7-3-6-13(11-14)18(20,21)22/h3-11,15H,1-2H3/b10-9+,24-23?. The molecule has 0 aliphatic heterocycles. The topological polar surface area (TPSA) is 51.0 Å². The van der Waals surface area contributed by atoms with E-state index in [0.717, 1.165) is 18.2 Å². The van der Waals surface area contributed by atoms with Gasteiger partial charge in [-0.3, -0.25) is 0 Å². The van der Waals surface area contributed by atoms with Gasteiger partial charge in [0.05, 0.1) is 18.4 Å². The number of methoxy groups -OCH3 is 1. The molecule has 0 heterocycles. The lowest BCUT2D eigenvalue weighted by molar-refractivity contribution is -0.137. The molecule has 0 saturated heterocycles. The molecule has 4 nitrogen and oxygen atoms in total. The van der Waals surface area contributed by atoms with Gasteiger partial charge in [0.15, 0.2) is 0 Å². The van der Waals surface area contributed by atoms with E-state index in [2.05, 4.69) is 15.0 Å². The molecule has 2 rings (SSSR count). The van der Waals surface area contributed by atoms with Crippen LogP contribution in [-0.4, -0.2) is 24.8 Å². The molecule has 2 unspecified atom stereocenters. The number of esters is 1. The lowest BCUT2D eigenvalue weighted by Gasteiger charge is -2.29. The molecule has 0 saturated carbocycles. The molecule has 1 aliphatic carbocycles. The summed E-state index contributed by atoms with van der Waals surface area (Å²) >= 11 is 0. The summed E-state index contributed by atoms with van der Waals surface area (Å²) in [6, 6.07) is 4.27. The smallest absolute Gasteiger partial charge is 0.416 e. The number of hydrogen-bond donors (Lipinski definition) is 0. The lowest BCUT2D eigenvalue weighted by atomic mass is 9.84. The molecular weight excluding hydrogens is 352 g/mol. The maximum Gasteiger partial charge on any atom is 0.416 e. The van der Waals surface area contributed by atoms with Crippen molar-refractivity contribution < 1.29 is 27.1 Å². The van der Waals surface area contributed by atoms with E-state index < -0.39 is 29.4 Å². The van der Waals surface area contributed by atoms with Crippen LogP contribution < -0.4 is 0 Å². The number of nitrogens with zero attached hydrogens (tertiary/aromatic N) is 2. The van der Waals surface area contributed by atoms with E-state index in [1.807, 2.05) is 0 Å². The number of allylic oxidation sites excluding steroid dienone is 2. The number of halogens is 4. The van der Waals surface area contributed by atoms with E-state index in [1.165, 1.54) is 44.4 Å². The predicted molar refractivity (Wildman–Crippen MR) is 87.6 cm³/mol. The number of alkyl halides is 4. The SMILES string of the molecule is COC(=O)/C=C/C1=CC=CC(F)C1(C)N=Nc1cccc(C(F)(F)F)c1. The molecule has 0 spiro atoms. The molecule has 0 fully saturated rings. The van der Waals surface area contributed by atoms with Crippen molar-refractivity contribution >= 4 is 11.7 Å². The lowest BCUT2D eigenvalue weighted by Crippen LogP contribution is -2.36. The zero-order valence-corrected chi connectivity index (χ0v) is 14.0. The first-order chi connectivity index (χ1) is 12.2. The Hall–Kier alpha value is -2.77. The van der Waals surface area contributed by atoms with E-state index in [0.29, 0.717) is 5.57 Å². The van der Waals surface area contributed by atoms with Crippen LogP contribution in [0.2, 0.25) is 0 Å². The van der Waals surface area contributed by atoms with Gasteiger partial charge in [0.25, 0.3) is 0 Å². The fourth-order valence-corrected chi connectivity index (χ4v) is 2.24. The van der Waals surface area contributed by atoms with Gasteiger partial charge in [0.2, 0.25) is 0 Å². The first-order valence-corrected chi connectivity index (χ1v) is 7.56. The molecule has 0 aromatic heterocycles. The van der Waals surface area contributed by atoms with Gasteiger partial charge in [0, 0.05) is 6.08 Å². The van der Waals surface area contributed by atoms with E-state index in [-0.39, 0.29) is 5.69 Å². The van der Waals surface area contributed by atoms with Crippen molar-refractivity contribution in [2.45, 2.75) is 24.8 Å². The molecule has 0 radical (unpaired) electrons. The second-order valence-electron chi connectivity index (χ2n) is 5.66. The Labute approximate surface area is 147 Å². The fourth-order valence-electron chi connectivity index (χ4n) is 2.24. The summed E-state index contributed by atoms with van der Waals surface area (Å²) < 4.78 is 57.2. The highest BCUT2D eigenvalue weighted by atomic mass is 19.4. The van der Waals surface area contributed by atoms with Crippen molar-refractivity contribution in [3.63, 3.8) is 0 Å². The molecular formula is C18H16F4N2O2. The third kappa shape index (κ3) is 4.44. The molecule has 0 N–H and O–H groups in total. The van der Waals surface area contributed by atoms with Gasteiger partial charge in [-0.15, -0.1) is 0 Å². The average molecular weight is 368 g/mol. The van der Waals surface area contributed by atoms with Gasteiger partial charge in [0.1, 0.15) is 11.7 Å². The number of carbonyl (C=O) groups excluding carboxylic acids is 1. The van der Waals surface area contributed by atoms with Crippen LogP contribution in [0.1, 0.15) is 12.5 Å². The van der Waals surface area contributed by atoms with Crippen molar-refractivity contribution in [1.82, 2.24) is 0 Å². The zero-order valence-electron chi connectivity index (χ0n) is 14.0. The summed E-state index contributed by atoms with van der Waals surface area (Å²) in [5.74, 6) is -0.631. The third-order valence-electron chi connectivity index (χ3n) is 3.82. The number of benzene rings is 1. The normalized spacial score (nSPS) is 23.5. The molecule has 2 atom stereocenters. The maximum atomic E-state index is 14.4. The summed E-state index contributed by atoms with van der Waals surface area (Å²) in [5.41, 5.74) is -2.10. The van der Waals surface area contributed by atoms with E-state index >= 15 is 0 Å². The Balaban J connectivity index is 2.33. The van der Waals surface area contributed by atoms with Crippen molar-refractivity contribution in [3.05, 3.63) is 65.8 Å². The molecule has 1 aromatic rings. The summed E-state index contributed by atoms with van der Waals surface area (Å²) in [7, 11) is 1.20. The molecule has 1 aromatic carbocycles. The number of carbonyl (C=O) groups is 1. The Morgan fingerprint density at radius 2 is 2.08 bits per heavy atom. The predicted octanol–water partition coefficient (Wildman–Crippen LogP) is 5.11. The van der Waals surface area contributed by atoms with Crippen LogP contribution in [0.4, 0.5) is 23.2 Å². The monoisotopic (exact) mass is 368 g/mol. The van der Waals surface area contributed by atoms with Crippen LogP contribution >= 0.6 is 0 Å². The van der Waals surface area contributed by atoms with Gasteiger partial charge in [-0.1, -0.05) is 18.2 Å². The van der Waals surface area contributed by atoms with Gasteiger partial charge in [-0.05, 0) is 42.8 Å². The van der Waals surface area contributed by atoms with Crippen LogP contribution in [0.25, 0.3) is 0 Å². The van der Waals surface area contributed by atoms with Crippen molar-refractivity contribution in [1.29, 1.82) is 0 Å². The first-order valence-electron chi connectivity index (χ1n) is 7.56. The molecule has 8 heteroatoms. The molecule has 138 valence electrons. The minimum atomic E-state index is -4.51. The molecule has 0 bridgehead atoms. The third-order valence-corrected chi connectivity index (χ3v) is 3.82. The fraction of sp³-hybridized carbons (Fsp3) is 0.278. The van der Waals surface area contributed by atoms with E-state index in [1.54, 1.807) is 6.08 Å². The van der Waals surface area contributed by atoms with E-state index in [4.69, 9.17) is 0 Å². The minimum absolute atomic E-state index is 0.0564. The van der Waals surface area contributed by atoms with Crippen LogP contribution in [0.3, 0.4) is 0 Å². The van der Waals surface area contributed by atoms with Crippen molar-refractivity contribution in [2.75, 3.05) is 7.11 Å². The van der Waals surface area contributed by atoms with Crippen molar-refractivity contribution in [3.8, 4) is 0 Å². The van der Waals surface area contributed by atoms with Crippen LogP contribution in [-0.2, 0) is 15.7 Å². The van der Waals surface area contributed by atoms with Gasteiger partial charge in [-0.25, -0.2) is 9.18 Å². The molecule has 26 heavy (non-hydrogen) atoms. The highest BCUT2D eigenvalue weighted by molar-refractivity contribution is 5.82. The van der Waals surface area contributed by atoms with Gasteiger partial charge < -0.3 is 4.74 Å². The second kappa shape index (κ2) is 7.63. The maximum absolute atomic E-state index is 14.4. The number of rotatable bonds is 4. The largest absolute Gasteiger partial charge is 0.466 e. The number of hydrogen-bond acceptors (Lipinski definition) is 4. The summed E-state index contributed by atoms with van der Waals surface area (Å²) in [5, 5.41) is 7.72. The number of azo groups is 1. The highest BCUT2D eigenvalue weighted by Crippen LogP contribution is 2.35. The van der Waals surface area contributed by atoms with Crippen LogP contribution in [0, 0.1) is 0 Å². The molecule has 0 amide bonds. The van der Waals surface area contributed by atoms with Gasteiger partial charge >= 0.3 is 12.1 Å². The van der Waals surface area contributed by atoms with E-state index in [9.17, 15) is 22.4 Å². The minimum Gasteiger partial charge on any atom is -0.466 e. The summed E-state index contributed by atoms with van der Waals surface area (Å²) in [6.45, 7) is 1.44. The second-order valence-corrected chi connectivity index (χ2v) is 5.66. The zero-order chi connectivity index (χ0) is 19.4. The average Bonchev–Trinajstić information content (AvgIpc) is 2.60. The van der Waals surface area contributed by atoms with Gasteiger partial charge in [-0.2, -0.15) is 23.4 Å². The highest BCUT2D eigenvalue weighted by Gasteiger charge is 2.38. The Morgan fingerprint density at radius 1 is 1.35 bits per heavy atom. The van der Waals surface area contributed by atoms with Crippen molar-refractivity contribution in [2.24, 2.45) is 10.2 Å². The Kier molecular flexibility index (Phi) is 5.74. The Bertz CT molecular complexity index is 797.